The third-order valence-corrected chi connectivity index (χ3v) is 2.48. The summed E-state index contributed by atoms with van der Waals surface area (Å²) in [5, 5.41) is 4.09. The van der Waals surface area contributed by atoms with Crippen molar-refractivity contribution < 1.29 is 9.53 Å². The molecule has 0 amide bonds. The fourth-order valence-electron chi connectivity index (χ4n) is 1.13. The van der Waals surface area contributed by atoms with Crippen LogP contribution in [0.2, 0.25) is 0 Å². The lowest BCUT2D eigenvalue weighted by atomic mass is 10.2. The van der Waals surface area contributed by atoms with Gasteiger partial charge in [0, 0.05) is 0 Å². The Morgan fingerprint density at radius 1 is 1.58 bits per heavy atom. The number of aldehydes is 1. The molecule has 1 aromatic heterocycles. The summed E-state index contributed by atoms with van der Waals surface area (Å²) in [5.74, 6) is 0. The maximum absolute atomic E-state index is 9.99. The zero-order chi connectivity index (χ0) is 8.39. The summed E-state index contributed by atoms with van der Waals surface area (Å²) in [6, 6.07) is 2.05. The first-order chi connectivity index (χ1) is 5.92. The van der Waals surface area contributed by atoms with Crippen LogP contribution in [0.25, 0.3) is 0 Å². The monoisotopic (exact) mass is 180 g/mol. The van der Waals surface area contributed by atoms with E-state index in [1.807, 2.05) is 11.4 Å². The third kappa shape index (κ3) is 1.47. The molecule has 2 heterocycles. The number of hydrogen-bond acceptors (Lipinski definition) is 3. The molecule has 0 aromatic carbocycles. The van der Waals surface area contributed by atoms with E-state index in [2.05, 4.69) is 5.38 Å². The van der Waals surface area contributed by atoms with Gasteiger partial charge in [-0.2, -0.15) is 11.3 Å². The van der Waals surface area contributed by atoms with Crippen molar-refractivity contribution in [2.75, 3.05) is 0 Å². The second-order valence-corrected chi connectivity index (χ2v) is 3.38. The Labute approximate surface area is 74.5 Å². The van der Waals surface area contributed by atoms with Gasteiger partial charge >= 0.3 is 0 Å². The van der Waals surface area contributed by atoms with E-state index in [0.717, 1.165) is 6.29 Å². The number of rotatable bonds is 3. The van der Waals surface area contributed by atoms with Crippen LogP contribution in [0.4, 0.5) is 0 Å². The average Bonchev–Trinajstić information content (AvgIpc) is 2.64. The minimum absolute atomic E-state index is 0.116. The van der Waals surface area contributed by atoms with Crippen molar-refractivity contribution in [3.05, 3.63) is 34.5 Å². The molecule has 2 atom stereocenters. The first-order valence-corrected chi connectivity index (χ1v) is 4.65. The van der Waals surface area contributed by atoms with Crippen molar-refractivity contribution in [2.24, 2.45) is 0 Å². The summed E-state index contributed by atoms with van der Waals surface area (Å²) in [6.45, 7) is 0. The largest absolute Gasteiger partial charge is 0.360 e. The van der Waals surface area contributed by atoms with Crippen LogP contribution in [0.1, 0.15) is 11.7 Å². The first-order valence-electron chi connectivity index (χ1n) is 3.71. The molecule has 1 aromatic rings. The lowest BCUT2D eigenvalue weighted by molar-refractivity contribution is -0.104. The number of epoxide rings is 1. The molecule has 62 valence electrons. The van der Waals surface area contributed by atoms with Gasteiger partial charge in [-0.3, -0.25) is 4.79 Å². The number of thiophene rings is 1. The molecule has 3 heteroatoms. The van der Waals surface area contributed by atoms with Crippen molar-refractivity contribution >= 4 is 17.6 Å². The van der Waals surface area contributed by atoms with Crippen LogP contribution in [-0.2, 0) is 9.53 Å². The van der Waals surface area contributed by atoms with Gasteiger partial charge in [0.1, 0.15) is 18.5 Å². The van der Waals surface area contributed by atoms with Crippen LogP contribution in [0, 0.1) is 0 Å². The molecule has 0 saturated carbocycles. The van der Waals surface area contributed by atoms with Gasteiger partial charge in [0.2, 0.25) is 0 Å². The maximum Gasteiger partial charge on any atom is 0.142 e. The number of allylic oxidation sites excluding steroid dienone is 1. The quantitative estimate of drug-likeness (QED) is 0.404. The van der Waals surface area contributed by atoms with E-state index in [9.17, 15) is 4.79 Å². The van der Waals surface area contributed by atoms with Crippen LogP contribution in [0.15, 0.2) is 29.0 Å². The van der Waals surface area contributed by atoms with Gasteiger partial charge in [-0.25, -0.2) is 0 Å². The van der Waals surface area contributed by atoms with Gasteiger partial charge in [0.25, 0.3) is 0 Å². The van der Waals surface area contributed by atoms with Crippen LogP contribution in [0.3, 0.4) is 0 Å². The standard InChI is InChI=1S/C9H8O2S/c10-4-1-2-8-9(11-8)7-3-5-12-6-7/h1-6,8-9H. The highest BCUT2D eigenvalue weighted by Crippen LogP contribution is 2.40. The number of carbonyl (C=O) groups excluding carboxylic acids is 1. The Hall–Kier alpha value is -0.930. The van der Waals surface area contributed by atoms with Gasteiger partial charge in [-0.05, 0) is 34.5 Å². The van der Waals surface area contributed by atoms with E-state index in [0.29, 0.717) is 0 Å². The molecular formula is C9H8O2S. The van der Waals surface area contributed by atoms with Gasteiger partial charge in [-0.1, -0.05) is 0 Å². The van der Waals surface area contributed by atoms with Crippen LogP contribution in [-0.4, -0.2) is 12.4 Å². The summed E-state index contributed by atoms with van der Waals surface area (Å²) in [4.78, 5) is 9.99. The summed E-state index contributed by atoms with van der Waals surface area (Å²) in [5.41, 5.74) is 1.21. The van der Waals surface area contributed by atoms with E-state index >= 15 is 0 Å². The van der Waals surface area contributed by atoms with Gasteiger partial charge in [0.05, 0.1) is 0 Å². The molecule has 0 aliphatic carbocycles. The topological polar surface area (TPSA) is 29.6 Å². The Morgan fingerprint density at radius 3 is 3.17 bits per heavy atom. The second-order valence-electron chi connectivity index (χ2n) is 2.60. The molecule has 1 aliphatic rings. The summed E-state index contributed by atoms with van der Waals surface area (Å²) in [7, 11) is 0. The molecule has 2 unspecified atom stereocenters. The molecule has 0 spiro atoms. The van der Waals surface area contributed by atoms with Crippen molar-refractivity contribution in [3.8, 4) is 0 Å². The lowest BCUT2D eigenvalue weighted by Crippen LogP contribution is -1.80. The third-order valence-electron chi connectivity index (χ3n) is 1.78. The fraction of sp³-hybridized carbons (Fsp3) is 0.222. The van der Waals surface area contributed by atoms with Crippen molar-refractivity contribution in [2.45, 2.75) is 12.2 Å². The highest BCUT2D eigenvalue weighted by atomic mass is 32.1. The predicted octanol–water partition coefficient (Wildman–Crippen LogP) is 1.94. The minimum atomic E-state index is 0.116. The van der Waals surface area contributed by atoms with Gasteiger partial charge < -0.3 is 4.74 Å². The van der Waals surface area contributed by atoms with E-state index in [-0.39, 0.29) is 12.2 Å². The van der Waals surface area contributed by atoms with E-state index < -0.39 is 0 Å². The lowest BCUT2D eigenvalue weighted by Gasteiger charge is -1.82. The Kier molecular flexibility index (Phi) is 2.06. The summed E-state index contributed by atoms with van der Waals surface area (Å²) in [6.07, 6.45) is 4.34. The maximum atomic E-state index is 9.99. The Balaban J connectivity index is 1.96. The van der Waals surface area contributed by atoms with Gasteiger partial charge in [-0.15, -0.1) is 0 Å². The number of ether oxygens (including phenoxy) is 1. The van der Waals surface area contributed by atoms with E-state index in [4.69, 9.17) is 4.74 Å². The molecule has 2 rings (SSSR count). The molecule has 2 nitrogen and oxygen atoms in total. The molecule has 1 saturated heterocycles. The Bertz CT molecular complexity index is 289. The zero-order valence-corrected chi connectivity index (χ0v) is 7.16. The highest BCUT2D eigenvalue weighted by Gasteiger charge is 2.37. The first kappa shape index (κ1) is 7.71. The van der Waals surface area contributed by atoms with Crippen molar-refractivity contribution in [1.29, 1.82) is 0 Å². The Morgan fingerprint density at radius 2 is 2.50 bits per heavy atom. The van der Waals surface area contributed by atoms with Gasteiger partial charge in [0.15, 0.2) is 0 Å². The molecular weight excluding hydrogens is 172 g/mol. The van der Waals surface area contributed by atoms with Crippen LogP contribution >= 0.6 is 11.3 Å². The molecule has 0 N–H and O–H groups in total. The van der Waals surface area contributed by atoms with E-state index in [1.54, 1.807) is 17.4 Å². The second kappa shape index (κ2) is 3.21. The SMILES string of the molecule is O=CC=CC1OC1c1ccsc1. The summed E-state index contributed by atoms with van der Waals surface area (Å²) < 4.78 is 5.32. The van der Waals surface area contributed by atoms with E-state index in [1.165, 1.54) is 11.6 Å². The average molecular weight is 180 g/mol. The molecule has 1 fully saturated rings. The molecule has 12 heavy (non-hydrogen) atoms. The minimum Gasteiger partial charge on any atom is -0.360 e. The molecule has 0 radical (unpaired) electrons. The van der Waals surface area contributed by atoms with Crippen LogP contribution in [0.5, 0.6) is 0 Å². The highest BCUT2D eigenvalue weighted by molar-refractivity contribution is 7.07. The summed E-state index contributed by atoms with van der Waals surface area (Å²) >= 11 is 1.66. The molecule has 0 bridgehead atoms. The van der Waals surface area contributed by atoms with Crippen molar-refractivity contribution in [3.63, 3.8) is 0 Å². The fourth-order valence-corrected chi connectivity index (χ4v) is 1.81. The van der Waals surface area contributed by atoms with Crippen molar-refractivity contribution in [1.82, 2.24) is 0 Å². The zero-order valence-electron chi connectivity index (χ0n) is 6.34. The van der Waals surface area contributed by atoms with Crippen LogP contribution < -0.4 is 0 Å². The predicted molar refractivity (Wildman–Crippen MR) is 47.1 cm³/mol. The normalized spacial score (nSPS) is 27.7. The molecule has 1 aliphatic heterocycles. The number of carbonyl (C=O) groups is 1. The number of hydrogen-bond donors (Lipinski definition) is 0. The smallest absolute Gasteiger partial charge is 0.142 e.